The van der Waals surface area contributed by atoms with Crippen LogP contribution >= 0.6 is 0 Å². The van der Waals surface area contributed by atoms with Crippen LogP contribution in [0.1, 0.15) is 12.8 Å². The van der Waals surface area contributed by atoms with Crippen molar-refractivity contribution in [3.05, 3.63) is 12.2 Å². The van der Waals surface area contributed by atoms with Crippen LogP contribution in [-0.4, -0.2) is 68.6 Å². The van der Waals surface area contributed by atoms with E-state index in [4.69, 9.17) is 9.84 Å². The van der Waals surface area contributed by atoms with Gasteiger partial charge in [0.15, 0.2) is 5.79 Å². The van der Waals surface area contributed by atoms with Crippen LogP contribution in [0, 0.1) is 11.8 Å². The Morgan fingerprint density at radius 2 is 2.00 bits per heavy atom. The van der Waals surface area contributed by atoms with E-state index in [9.17, 15) is 25.2 Å². The summed E-state index contributed by atoms with van der Waals surface area (Å²) in [5, 5.41) is 49.2. The third kappa shape index (κ3) is 2.52. The van der Waals surface area contributed by atoms with Crippen molar-refractivity contribution in [2.45, 2.75) is 43.0 Å². The van der Waals surface area contributed by atoms with Crippen LogP contribution in [0.3, 0.4) is 0 Å². The van der Waals surface area contributed by atoms with Gasteiger partial charge in [0.25, 0.3) is 0 Å². The van der Waals surface area contributed by atoms with E-state index < -0.39 is 48.6 Å². The summed E-state index contributed by atoms with van der Waals surface area (Å²) in [6.45, 7) is -0.604. The zero-order chi connectivity index (χ0) is 14.9. The molecule has 0 bridgehead atoms. The molecule has 2 aliphatic rings. The molecule has 0 radical (unpaired) electrons. The number of ether oxygens (including phenoxy) is 1. The number of carbonyl (C=O) groups is 1. The van der Waals surface area contributed by atoms with E-state index in [1.807, 2.05) is 0 Å². The summed E-state index contributed by atoms with van der Waals surface area (Å²) in [5.74, 6) is -3.13. The molecule has 5 N–H and O–H groups in total. The average Bonchev–Trinajstić information content (AvgIpc) is 2.49. The standard InChI is InChI=1S/C13H20O7/c14-5-7-2-1-3-8(4-7)13(19)12(18)11(17)10(16)9(6-15)20-13/h1-2,5,7-12,15-19H,3-4,6H2/t7?,8?,9-,10-,11+,12-,13?/m1/s1. The van der Waals surface area contributed by atoms with E-state index in [1.165, 1.54) is 0 Å². The zero-order valence-electron chi connectivity index (χ0n) is 10.9. The maximum absolute atomic E-state index is 10.8. The molecule has 1 aliphatic heterocycles. The summed E-state index contributed by atoms with van der Waals surface area (Å²) >= 11 is 0. The first-order valence-electron chi connectivity index (χ1n) is 6.61. The topological polar surface area (TPSA) is 127 Å². The van der Waals surface area contributed by atoms with Crippen molar-refractivity contribution < 1.29 is 35.1 Å². The summed E-state index contributed by atoms with van der Waals surface area (Å²) in [5.41, 5.74) is 0. The molecule has 1 heterocycles. The summed E-state index contributed by atoms with van der Waals surface area (Å²) in [6.07, 6.45) is -1.28. The average molecular weight is 288 g/mol. The minimum atomic E-state index is -2.11. The molecule has 7 atom stereocenters. The van der Waals surface area contributed by atoms with Gasteiger partial charge in [0.2, 0.25) is 0 Å². The first-order valence-corrected chi connectivity index (χ1v) is 6.61. The van der Waals surface area contributed by atoms with E-state index in [0.717, 1.165) is 6.29 Å². The Morgan fingerprint density at radius 1 is 1.30 bits per heavy atom. The van der Waals surface area contributed by atoms with Gasteiger partial charge >= 0.3 is 0 Å². The molecule has 0 spiro atoms. The molecule has 1 aliphatic carbocycles. The summed E-state index contributed by atoms with van der Waals surface area (Å²) in [6, 6.07) is 0. The molecule has 1 saturated heterocycles. The lowest BCUT2D eigenvalue weighted by molar-refractivity contribution is -0.369. The van der Waals surface area contributed by atoms with Crippen molar-refractivity contribution >= 4 is 6.29 Å². The van der Waals surface area contributed by atoms with Crippen LogP contribution in [-0.2, 0) is 9.53 Å². The largest absolute Gasteiger partial charge is 0.394 e. The third-order valence-electron chi connectivity index (χ3n) is 4.12. The van der Waals surface area contributed by atoms with Crippen LogP contribution in [0.25, 0.3) is 0 Å². The number of hydrogen-bond donors (Lipinski definition) is 5. The lowest BCUT2D eigenvalue weighted by Gasteiger charge is -2.49. The van der Waals surface area contributed by atoms with Gasteiger partial charge in [-0.25, -0.2) is 0 Å². The predicted octanol–water partition coefficient (Wildman–Crippen LogP) is -2.07. The van der Waals surface area contributed by atoms with Gasteiger partial charge in [0.05, 0.1) is 6.61 Å². The molecule has 0 amide bonds. The van der Waals surface area contributed by atoms with Gasteiger partial charge in [-0.15, -0.1) is 0 Å². The fraction of sp³-hybridized carbons (Fsp3) is 0.769. The van der Waals surface area contributed by atoms with Gasteiger partial charge in [0, 0.05) is 11.8 Å². The highest BCUT2D eigenvalue weighted by molar-refractivity contribution is 5.56. The fourth-order valence-electron chi connectivity index (χ4n) is 2.88. The van der Waals surface area contributed by atoms with Crippen molar-refractivity contribution in [1.29, 1.82) is 0 Å². The monoisotopic (exact) mass is 288 g/mol. The molecule has 7 heteroatoms. The van der Waals surface area contributed by atoms with Crippen molar-refractivity contribution in [1.82, 2.24) is 0 Å². The van der Waals surface area contributed by atoms with E-state index >= 15 is 0 Å². The van der Waals surface area contributed by atoms with Crippen molar-refractivity contribution in [2.75, 3.05) is 6.61 Å². The Hall–Kier alpha value is -0.830. The Kier molecular flexibility index (Phi) is 4.58. The number of hydrogen-bond acceptors (Lipinski definition) is 7. The third-order valence-corrected chi connectivity index (χ3v) is 4.12. The molecule has 0 aromatic heterocycles. The van der Waals surface area contributed by atoms with Crippen LogP contribution in [0.2, 0.25) is 0 Å². The first kappa shape index (κ1) is 15.6. The van der Waals surface area contributed by atoms with Gasteiger partial charge in [0.1, 0.15) is 30.7 Å². The number of allylic oxidation sites excluding steroid dienone is 2. The van der Waals surface area contributed by atoms with E-state index in [1.54, 1.807) is 12.2 Å². The summed E-state index contributed by atoms with van der Waals surface area (Å²) in [4.78, 5) is 10.8. The second-order valence-corrected chi connectivity index (χ2v) is 5.41. The highest BCUT2D eigenvalue weighted by Crippen LogP contribution is 2.40. The predicted molar refractivity (Wildman–Crippen MR) is 66.3 cm³/mol. The smallest absolute Gasteiger partial charge is 0.198 e. The van der Waals surface area contributed by atoms with Gasteiger partial charge in [-0.3, -0.25) is 0 Å². The van der Waals surface area contributed by atoms with Gasteiger partial charge in [-0.1, -0.05) is 12.2 Å². The highest BCUT2D eigenvalue weighted by Gasteiger charge is 2.56. The molecule has 1 fully saturated rings. The lowest BCUT2D eigenvalue weighted by atomic mass is 9.76. The number of aliphatic hydroxyl groups is 5. The van der Waals surface area contributed by atoms with Crippen molar-refractivity contribution in [2.24, 2.45) is 11.8 Å². The van der Waals surface area contributed by atoms with E-state index in [2.05, 4.69) is 0 Å². The Labute approximate surface area is 116 Å². The minimum Gasteiger partial charge on any atom is -0.394 e. The maximum atomic E-state index is 10.8. The SMILES string of the molecule is O=CC1C=CCC(C2(O)O[C@H](CO)[C@@H](O)[C@H](O)[C@H]2O)C1. The quantitative estimate of drug-likeness (QED) is 0.298. The lowest BCUT2D eigenvalue weighted by Crippen LogP contribution is -2.67. The number of rotatable bonds is 3. The Balaban J connectivity index is 2.23. The number of aliphatic hydroxyl groups excluding tert-OH is 4. The van der Waals surface area contributed by atoms with Crippen LogP contribution in [0.4, 0.5) is 0 Å². The molecule has 0 saturated carbocycles. The first-order chi connectivity index (χ1) is 9.43. The second kappa shape index (κ2) is 5.88. The minimum absolute atomic E-state index is 0.258. The van der Waals surface area contributed by atoms with Crippen LogP contribution < -0.4 is 0 Å². The number of carbonyl (C=O) groups excluding carboxylic acids is 1. The van der Waals surface area contributed by atoms with Gasteiger partial charge in [-0.05, 0) is 12.8 Å². The molecule has 2 rings (SSSR count). The van der Waals surface area contributed by atoms with Crippen LogP contribution in [0.15, 0.2) is 12.2 Å². The molecule has 7 nitrogen and oxygen atoms in total. The fourth-order valence-corrected chi connectivity index (χ4v) is 2.88. The summed E-state index contributed by atoms with van der Waals surface area (Å²) < 4.78 is 5.25. The second-order valence-electron chi connectivity index (χ2n) is 5.41. The van der Waals surface area contributed by atoms with Crippen molar-refractivity contribution in [3.8, 4) is 0 Å². The molecule has 0 aromatic rings. The molecule has 114 valence electrons. The molecule has 20 heavy (non-hydrogen) atoms. The summed E-state index contributed by atoms with van der Waals surface area (Å²) in [7, 11) is 0. The maximum Gasteiger partial charge on any atom is 0.198 e. The zero-order valence-corrected chi connectivity index (χ0v) is 10.9. The molecular weight excluding hydrogens is 268 g/mol. The van der Waals surface area contributed by atoms with Crippen LogP contribution in [0.5, 0.6) is 0 Å². The van der Waals surface area contributed by atoms with E-state index in [-0.39, 0.29) is 6.42 Å². The van der Waals surface area contributed by atoms with Gasteiger partial charge < -0.3 is 35.1 Å². The normalized spacial score (nSPS) is 49.0. The van der Waals surface area contributed by atoms with E-state index in [0.29, 0.717) is 6.42 Å². The molecule has 0 aromatic carbocycles. The van der Waals surface area contributed by atoms with Gasteiger partial charge in [-0.2, -0.15) is 0 Å². The molecule has 3 unspecified atom stereocenters. The van der Waals surface area contributed by atoms with Crippen molar-refractivity contribution in [3.63, 3.8) is 0 Å². The number of aldehydes is 1. The Morgan fingerprint density at radius 3 is 2.60 bits per heavy atom. The highest BCUT2D eigenvalue weighted by atomic mass is 16.7. The Bertz CT molecular complexity index is 383. The molecular formula is C13H20O7.